The third kappa shape index (κ3) is 3.22. The lowest BCUT2D eigenvalue weighted by molar-refractivity contribution is 0.221. The van der Waals surface area contributed by atoms with Crippen LogP contribution in [0.25, 0.3) is 0 Å². The summed E-state index contributed by atoms with van der Waals surface area (Å²) < 4.78 is 3.31. The van der Waals surface area contributed by atoms with Crippen LogP contribution in [0.15, 0.2) is 10.7 Å². The number of nitrogens with two attached hydrogens (primary N) is 1. The Balaban J connectivity index is 2.24. The van der Waals surface area contributed by atoms with Crippen molar-refractivity contribution in [3.05, 3.63) is 16.4 Å². The molecule has 1 aromatic rings. The molecule has 0 bridgehead atoms. The number of nitrogens with zero attached hydrogens (tertiary/aromatic N) is 2. The molecule has 3 nitrogen and oxygen atoms in total. The molecule has 0 spiro atoms. The zero-order valence-electron chi connectivity index (χ0n) is 12.1. The van der Waals surface area contributed by atoms with E-state index in [0.29, 0.717) is 11.8 Å². The van der Waals surface area contributed by atoms with Gasteiger partial charge in [-0.05, 0) is 54.1 Å². The molecule has 0 saturated heterocycles. The molecule has 3 atom stereocenters. The summed E-state index contributed by atoms with van der Waals surface area (Å²) in [6.07, 6.45) is 8.48. The van der Waals surface area contributed by atoms with E-state index in [9.17, 15) is 0 Å². The van der Waals surface area contributed by atoms with Gasteiger partial charge in [-0.1, -0.05) is 26.2 Å². The van der Waals surface area contributed by atoms with Crippen molar-refractivity contribution in [2.45, 2.75) is 58.4 Å². The van der Waals surface area contributed by atoms with E-state index in [-0.39, 0.29) is 0 Å². The van der Waals surface area contributed by atoms with Crippen LogP contribution in [0, 0.1) is 11.8 Å². The van der Waals surface area contributed by atoms with E-state index < -0.39 is 0 Å². The van der Waals surface area contributed by atoms with Crippen molar-refractivity contribution in [3.8, 4) is 0 Å². The van der Waals surface area contributed by atoms with Crippen molar-refractivity contribution in [2.75, 3.05) is 6.54 Å². The van der Waals surface area contributed by atoms with Gasteiger partial charge in [0.15, 0.2) is 0 Å². The van der Waals surface area contributed by atoms with Crippen LogP contribution >= 0.6 is 15.9 Å². The second-order valence-corrected chi connectivity index (χ2v) is 6.62. The molecule has 0 aliphatic heterocycles. The molecular formula is C15H26BrN3. The smallest absolute Gasteiger partial charge is 0.0635 e. The number of hydrogen-bond acceptors (Lipinski definition) is 2. The quantitative estimate of drug-likeness (QED) is 0.890. The first-order valence-corrected chi connectivity index (χ1v) is 8.41. The molecule has 1 aliphatic carbocycles. The van der Waals surface area contributed by atoms with Gasteiger partial charge in [0.05, 0.1) is 16.4 Å². The zero-order chi connectivity index (χ0) is 13.8. The third-order valence-electron chi connectivity index (χ3n) is 4.59. The van der Waals surface area contributed by atoms with E-state index >= 15 is 0 Å². The highest BCUT2D eigenvalue weighted by atomic mass is 79.9. The molecule has 1 heterocycles. The minimum atomic E-state index is 0.576. The molecule has 1 fully saturated rings. The summed E-state index contributed by atoms with van der Waals surface area (Å²) >= 11 is 3.68. The highest BCUT2D eigenvalue weighted by Crippen LogP contribution is 2.43. The van der Waals surface area contributed by atoms with E-state index in [2.05, 4.69) is 39.6 Å². The van der Waals surface area contributed by atoms with E-state index in [4.69, 9.17) is 5.73 Å². The zero-order valence-corrected chi connectivity index (χ0v) is 13.7. The van der Waals surface area contributed by atoms with Crippen LogP contribution in [-0.4, -0.2) is 16.3 Å². The van der Waals surface area contributed by atoms with Crippen LogP contribution in [0.4, 0.5) is 0 Å². The Bertz CT molecular complexity index is 402. The Hall–Kier alpha value is -0.350. The molecule has 19 heavy (non-hydrogen) atoms. The van der Waals surface area contributed by atoms with Crippen LogP contribution in [0.1, 0.15) is 57.6 Å². The summed E-state index contributed by atoms with van der Waals surface area (Å²) in [6.45, 7) is 6.18. The van der Waals surface area contributed by atoms with Crippen molar-refractivity contribution in [2.24, 2.45) is 17.6 Å². The van der Waals surface area contributed by atoms with Gasteiger partial charge in [0.1, 0.15) is 0 Å². The summed E-state index contributed by atoms with van der Waals surface area (Å²) in [5.74, 6) is 2.06. The molecule has 0 amide bonds. The number of aryl methyl sites for hydroxylation is 1. The van der Waals surface area contributed by atoms with Gasteiger partial charge in [0.25, 0.3) is 0 Å². The molecule has 1 aromatic heterocycles. The summed E-state index contributed by atoms with van der Waals surface area (Å²) in [6, 6.07) is 0. The predicted octanol–water partition coefficient (Wildman–Crippen LogP) is 3.92. The first-order valence-electron chi connectivity index (χ1n) is 7.62. The van der Waals surface area contributed by atoms with Crippen LogP contribution in [0.5, 0.6) is 0 Å². The average Bonchev–Trinajstić information content (AvgIpc) is 2.80. The van der Waals surface area contributed by atoms with Crippen LogP contribution in [0.3, 0.4) is 0 Å². The highest BCUT2D eigenvalue weighted by molar-refractivity contribution is 9.10. The van der Waals surface area contributed by atoms with Crippen molar-refractivity contribution in [1.29, 1.82) is 0 Å². The van der Waals surface area contributed by atoms with Gasteiger partial charge in [-0.25, -0.2) is 0 Å². The van der Waals surface area contributed by atoms with E-state index in [0.717, 1.165) is 23.5 Å². The maximum absolute atomic E-state index is 6.02. The fourth-order valence-corrected chi connectivity index (χ4v) is 4.19. The van der Waals surface area contributed by atoms with Crippen molar-refractivity contribution < 1.29 is 0 Å². The van der Waals surface area contributed by atoms with Gasteiger partial charge >= 0.3 is 0 Å². The van der Waals surface area contributed by atoms with Crippen LogP contribution in [-0.2, 0) is 6.54 Å². The Morgan fingerprint density at radius 2 is 2.21 bits per heavy atom. The maximum Gasteiger partial charge on any atom is 0.0635 e. The molecule has 3 unspecified atom stereocenters. The molecule has 2 rings (SSSR count). The summed E-state index contributed by atoms with van der Waals surface area (Å²) in [5, 5.41) is 4.48. The standard InChI is InChI=1S/C15H26BrN3/c1-3-5-11-6-7-12(9-17)13(8-11)15-14(16)10-18-19(15)4-2/h10-13H,3-9,17H2,1-2H3. The van der Waals surface area contributed by atoms with Gasteiger partial charge in [-0.3, -0.25) is 4.68 Å². The van der Waals surface area contributed by atoms with Crippen molar-refractivity contribution >= 4 is 15.9 Å². The number of halogens is 1. The first kappa shape index (κ1) is 15.0. The van der Waals surface area contributed by atoms with Gasteiger partial charge < -0.3 is 5.73 Å². The minimum absolute atomic E-state index is 0.576. The lowest BCUT2D eigenvalue weighted by Crippen LogP contribution is -2.30. The Morgan fingerprint density at radius 3 is 2.84 bits per heavy atom. The molecule has 0 aromatic carbocycles. The topological polar surface area (TPSA) is 43.8 Å². The second kappa shape index (κ2) is 6.89. The van der Waals surface area contributed by atoms with Gasteiger partial charge in [0, 0.05) is 12.5 Å². The SMILES string of the molecule is CCCC1CCC(CN)C(c2c(Br)cnn2CC)C1. The largest absolute Gasteiger partial charge is 0.330 e. The maximum atomic E-state index is 6.02. The predicted molar refractivity (Wildman–Crippen MR) is 83.1 cm³/mol. The molecule has 0 radical (unpaired) electrons. The number of aromatic nitrogens is 2. The molecule has 108 valence electrons. The van der Waals surface area contributed by atoms with Crippen molar-refractivity contribution in [1.82, 2.24) is 9.78 Å². The second-order valence-electron chi connectivity index (χ2n) is 5.76. The molecule has 1 aliphatic rings. The lowest BCUT2D eigenvalue weighted by Gasteiger charge is -2.36. The number of hydrogen-bond donors (Lipinski definition) is 1. The van der Waals surface area contributed by atoms with Gasteiger partial charge in [-0.15, -0.1) is 0 Å². The van der Waals surface area contributed by atoms with Crippen LogP contribution in [0.2, 0.25) is 0 Å². The third-order valence-corrected chi connectivity index (χ3v) is 5.20. The number of rotatable bonds is 5. The Labute approximate surface area is 125 Å². The fraction of sp³-hybridized carbons (Fsp3) is 0.800. The summed E-state index contributed by atoms with van der Waals surface area (Å²) in [7, 11) is 0. The monoisotopic (exact) mass is 327 g/mol. The summed E-state index contributed by atoms with van der Waals surface area (Å²) in [4.78, 5) is 0. The Morgan fingerprint density at radius 1 is 1.42 bits per heavy atom. The molecule has 4 heteroatoms. The Kier molecular flexibility index (Phi) is 5.46. The van der Waals surface area contributed by atoms with Crippen molar-refractivity contribution in [3.63, 3.8) is 0 Å². The minimum Gasteiger partial charge on any atom is -0.330 e. The van der Waals surface area contributed by atoms with E-state index in [1.54, 1.807) is 0 Å². The molecule has 2 N–H and O–H groups in total. The van der Waals surface area contributed by atoms with E-state index in [1.807, 2.05) is 6.20 Å². The molecular weight excluding hydrogens is 302 g/mol. The van der Waals surface area contributed by atoms with Gasteiger partial charge in [-0.2, -0.15) is 5.10 Å². The first-order chi connectivity index (χ1) is 9.21. The van der Waals surface area contributed by atoms with Crippen LogP contribution < -0.4 is 5.73 Å². The fourth-order valence-electron chi connectivity index (χ4n) is 3.60. The lowest BCUT2D eigenvalue weighted by atomic mass is 9.71. The average molecular weight is 328 g/mol. The summed E-state index contributed by atoms with van der Waals surface area (Å²) in [5.41, 5.74) is 7.39. The van der Waals surface area contributed by atoms with E-state index in [1.165, 1.54) is 37.8 Å². The molecule has 1 saturated carbocycles. The highest BCUT2D eigenvalue weighted by Gasteiger charge is 2.33. The normalized spacial score (nSPS) is 27.7. The van der Waals surface area contributed by atoms with Gasteiger partial charge in [0.2, 0.25) is 0 Å².